The third-order valence-corrected chi connectivity index (χ3v) is 2.38. The summed E-state index contributed by atoms with van der Waals surface area (Å²) in [5.41, 5.74) is -0.277. The van der Waals surface area contributed by atoms with Gasteiger partial charge in [-0.1, -0.05) is 0 Å². The maximum absolute atomic E-state index is 10.6. The van der Waals surface area contributed by atoms with Crippen LogP contribution in [0.15, 0.2) is 18.2 Å². The van der Waals surface area contributed by atoms with E-state index in [0.717, 1.165) is 18.2 Å². The number of phenolic OH excluding ortho intramolecular Hbond substituents is 1. The fraction of sp³-hybridized carbons (Fsp3) is 0.125. The van der Waals surface area contributed by atoms with Gasteiger partial charge in [0, 0.05) is 5.56 Å². The SMILES string of the molecule is O=C([O-])c1cc(O)cc(CP(=O)(O)O)c1.[Na+]. The third kappa shape index (κ3) is 5.12. The van der Waals surface area contributed by atoms with Gasteiger partial charge in [0.15, 0.2) is 0 Å². The Kier molecular flexibility index (Phi) is 5.69. The van der Waals surface area contributed by atoms with E-state index in [0.29, 0.717) is 0 Å². The Morgan fingerprint density at radius 1 is 1.31 bits per heavy atom. The molecule has 8 heteroatoms. The molecule has 0 unspecified atom stereocenters. The summed E-state index contributed by atoms with van der Waals surface area (Å²) in [5.74, 6) is -1.89. The summed E-state index contributed by atoms with van der Waals surface area (Å²) < 4.78 is 10.6. The van der Waals surface area contributed by atoms with E-state index < -0.39 is 19.7 Å². The Bertz CT molecular complexity index is 440. The minimum absolute atomic E-state index is 0. The first kappa shape index (κ1) is 15.6. The number of carboxylic acids is 1. The molecule has 0 aliphatic carbocycles. The Balaban J connectivity index is 0.00000225. The van der Waals surface area contributed by atoms with Gasteiger partial charge >= 0.3 is 37.2 Å². The number of hydrogen-bond donors (Lipinski definition) is 3. The van der Waals surface area contributed by atoms with Crippen molar-refractivity contribution >= 4 is 13.6 Å². The van der Waals surface area contributed by atoms with Crippen LogP contribution in [0.5, 0.6) is 5.75 Å². The van der Waals surface area contributed by atoms with Crippen LogP contribution in [0.2, 0.25) is 0 Å². The van der Waals surface area contributed by atoms with Crippen molar-refractivity contribution in [1.29, 1.82) is 0 Å². The van der Waals surface area contributed by atoms with Gasteiger partial charge in [-0.15, -0.1) is 0 Å². The number of aromatic carboxylic acids is 1. The molecule has 6 nitrogen and oxygen atoms in total. The van der Waals surface area contributed by atoms with Crippen molar-refractivity contribution < 1.29 is 58.9 Å². The van der Waals surface area contributed by atoms with Gasteiger partial charge in [-0.25, -0.2) is 0 Å². The van der Waals surface area contributed by atoms with Crippen molar-refractivity contribution in [3.05, 3.63) is 29.3 Å². The zero-order valence-corrected chi connectivity index (χ0v) is 11.3. The van der Waals surface area contributed by atoms with Gasteiger partial charge in [0.25, 0.3) is 0 Å². The van der Waals surface area contributed by atoms with E-state index in [1.165, 1.54) is 0 Å². The molecule has 0 atom stereocenters. The molecule has 0 aliphatic heterocycles. The first-order chi connectivity index (χ1) is 6.78. The Morgan fingerprint density at radius 3 is 2.31 bits per heavy atom. The van der Waals surface area contributed by atoms with E-state index in [1.807, 2.05) is 0 Å². The average Bonchev–Trinajstić information content (AvgIpc) is 1.99. The predicted molar refractivity (Wildman–Crippen MR) is 48.2 cm³/mol. The summed E-state index contributed by atoms with van der Waals surface area (Å²) in [7, 11) is -4.28. The number of hydrogen-bond acceptors (Lipinski definition) is 4. The topological polar surface area (TPSA) is 118 Å². The second-order valence-electron chi connectivity index (χ2n) is 3.00. The zero-order chi connectivity index (χ0) is 11.6. The van der Waals surface area contributed by atoms with Gasteiger partial charge in [0.05, 0.1) is 12.1 Å². The van der Waals surface area contributed by atoms with Crippen LogP contribution < -0.4 is 34.7 Å². The molecule has 0 aromatic heterocycles. The number of carbonyl (C=O) groups is 1. The molecule has 0 aliphatic rings. The monoisotopic (exact) mass is 254 g/mol. The minimum atomic E-state index is -4.28. The largest absolute Gasteiger partial charge is 1.00 e. The number of carboxylic acid groups (broad SMARTS) is 1. The van der Waals surface area contributed by atoms with E-state index in [2.05, 4.69) is 0 Å². The number of rotatable bonds is 3. The van der Waals surface area contributed by atoms with Crippen molar-refractivity contribution in [1.82, 2.24) is 0 Å². The van der Waals surface area contributed by atoms with E-state index in [1.54, 1.807) is 0 Å². The number of phenols is 1. The molecule has 0 bridgehead atoms. The van der Waals surface area contributed by atoms with E-state index in [9.17, 15) is 14.5 Å². The zero-order valence-electron chi connectivity index (χ0n) is 8.45. The smallest absolute Gasteiger partial charge is 0.545 e. The maximum atomic E-state index is 10.6. The van der Waals surface area contributed by atoms with Gasteiger partial charge < -0.3 is 24.8 Å². The maximum Gasteiger partial charge on any atom is 1.00 e. The molecular weight excluding hydrogens is 246 g/mol. The Morgan fingerprint density at radius 2 is 1.88 bits per heavy atom. The van der Waals surface area contributed by atoms with Crippen LogP contribution in [0.3, 0.4) is 0 Å². The fourth-order valence-electron chi connectivity index (χ4n) is 1.12. The Labute approximate surface area is 113 Å². The molecule has 0 amide bonds. The summed E-state index contributed by atoms with van der Waals surface area (Å²) in [5, 5.41) is 19.6. The molecule has 1 rings (SSSR count). The molecule has 0 fully saturated rings. The summed E-state index contributed by atoms with van der Waals surface area (Å²) >= 11 is 0. The van der Waals surface area contributed by atoms with Crippen molar-refractivity contribution in [3.8, 4) is 5.75 Å². The van der Waals surface area contributed by atoms with E-state index in [4.69, 9.17) is 14.9 Å². The fourth-order valence-corrected chi connectivity index (χ4v) is 1.78. The van der Waals surface area contributed by atoms with Gasteiger partial charge in [-0.2, -0.15) is 0 Å². The standard InChI is InChI=1S/C8H9O6P.Na/c9-7-2-5(4-15(12,13)14)1-6(3-7)8(10)11;/h1-3,9H,4H2,(H,10,11)(H2,12,13,14);/q;+1/p-1. The first-order valence-corrected chi connectivity index (χ1v) is 5.66. The number of benzene rings is 1. The van der Waals surface area contributed by atoms with Crippen molar-refractivity contribution in [2.75, 3.05) is 0 Å². The van der Waals surface area contributed by atoms with Crippen molar-refractivity contribution in [3.63, 3.8) is 0 Å². The van der Waals surface area contributed by atoms with Crippen LogP contribution in [0.1, 0.15) is 15.9 Å². The van der Waals surface area contributed by atoms with Gasteiger partial charge in [-0.3, -0.25) is 4.57 Å². The van der Waals surface area contributed by atoms with Crippen molar-refractivity contribution in [2.24, 2.45) is 0 Å². The second kappa shape index (κ2) is 5.82. The molecule has 1 aromatic carbocycles. The minimum Gasteiger partial charge on any atom is -0.545 e. The summed E-state index contributed by atoms with van der Waals surface area (Å²) in [6.07, 6.45) is -0.623. The van der Waals surface area contributed by atoms with Crippen LogP contribution in [0.25, 0.3) is 0 Å². The summed E-state index contributed by atoms with van der Waals surface area (Å²) in [6.45, 7) is 0. The molecule has 0 radical (unpaired) electrons. The third-order valence-electron chi connectivity index (χ3n) is 1.60. The molecule has 0 spiro atoms. The molecule has 1 aromatic rings. The molecule has 0 saturated heterocycles. The molecule has 0 heterocycles. The van der Waals surface area contributed by atoms with Gasteiger partial charge in [0.1, 0.15) is 5.75 Å². The van der Waals surface area contributed by atoms with Crippen LogP contribution in [0, 0.1) is 0 Å². The van der Waals surface area contributed by atoms with Gasteiger partial charge in [0.2, 0.25) is 0 Å². The Hall–Kier alpha value is -0.360. The molecule has 0 saturated carbocycles. The van der Waals surface area contributed by atoms with Crippen LogP contribution in [-0.4, -0.2) is 20.9 Å². The van der Waals surface area contributed by atoms with Gasteiger partial charge in [-0.05, 0) is 23.8 Å². The first-order valence-electron chi connectivity index (χ1n) is 3.87. The van der Waals surface area contributed by atoms with E-state index >= 15 is 0 Å². The normalized spacial score (nSPS) is 10.6. The van der Waals surface area contributed by atoms with Crippen LogP contribution in [0.4, 0.5) is 0 Å². The number of carbonyl (C=O) groups excluding carboxylic acids is 1. The average molecular weight is 254 g/mol. The summed E-state index contributed by atoms with van der Waals surface area (Å²) in [6, 6.07) is 3.08. The quantitative estimate of drug-likeness (QED) is 0.379. The molecule has 82 valence electrons. The van der Waals surface area contributed by atoms with Crippen molar-refractivity contribution in [2.45, 2.75) is 6.16 Å². The molecule has 3 N–H and O–H groups in total. The second-order valence-corrected chi connectivity index (χ2v) is 4.64. The molecular formula is C8H8NaO6P. The molecule has 16 heavy (non-hydrogen) atoms. The summed E-state index contributed by atoms with van der Waals surface area (Å²) in [4.78, 5) is 27.8. The van der Waals surface area contributed by atoms with E-state index in [-0.39, 0.29) is 46.4 Å². The van der Waals surface area contributed by atoms with Crippen LogP contribution >= 0.6 is 7.60 Å². The van der Waals surface area contributed by atoms with Crippen LogP contribution in [-0.2, 0) is 10.7 Å². The number of aromatic hydroxyl groups is 1. The predicted octanol–water partition coefficient (Wildman–Crippen LogP) is -3.56.